The van der Waals surface area contributed by atoms with Gasteiger partial charge in [-0.15, -0.1) is 0 Å². The Labute approximate surface area is 81.1 Å². The number of hydrogen-bond donors (Lipinski definition) is 2. The van der Waals surface area contributed by atoms with Crippen molar-refractivity contribution < 1.29 is 4.39 Å². The van der Waals surface area contributed by atoms with Crippen LogP contribution >= 0.6 is 0 Å². The minimum Gasteiger partial charge on any atom is -0.342 e. The number of para-hydroxylation sites is 1. The fourth-order valence-electron chi connectivity index (χ4n) is 1.44. The molecule has 0 saturated heterocycles. The molecule has 1 aromatic carbocycles. The Morgan fingerprint density at radius 2 is 2.29 bits per heavy atom. The third-order valence-electron chi connectivity index (χ3n) is 2.13. The number of benzene rings is 1. The first-order valence-electron chi connectivity index (χ1n) is 4.64. The van der Waals surface area contributed by atoms with Gasteiger partial charge < -0.3 is 10.7 Å². The van der Waals surface area contributed by atoms with Crippen molar-refractivity contribution in [1.82, 2.24) is 9.97 Å². The maximum Gasteiger partial charge on any atom is 0.151 e. The smallest absolute Gasteiger partial charge is 0.151 e. The molecule has 0 spiro atoms. The van der Waals surface area contributed by atoms with Gasteiger partial charge in [0.05, 0.1) is 5.52 Å². The van der Waals surface area contributed by atoms with Crippen LogP contribution in [0.4, 0.5) is 4.39 Å². The Morgan fingerprint density at radius 1 is 1.43 bits per heavy atom. The molecule has 3 nitrogen and oxygen atoms in total. The van der Waals surface area contributed by atoms with Gasteiger partial charge in [-0.25, -0.2) is 9.37 Å². The number of hydrogen-bond acceptors (Lipinski definition) is 2. The second kappa shape index (κ2) is 3.75. The first-order chi connectivity index (χ1) is 6.81. The minimum absolute atomic E-state index is 0.280. The van der Waals surface area contributed by atoms with Crippen LogP contribution in [0, 0.1) is 5.82 Å². The highest BCUT2D eigenvalue weighted by Gasteiger charge is 2.05. The van der Waals surface area contributed by atoms with E-state index in [0.717, 1.165) is 24.2 Å². The summed E-state index contributed by atoms with van der Waals surface area (Å²) in [7, 11) is 0. The minimum atomic E-state index is -0.280. The summed E-state index contributed by atoms with van der Waals surface area (Å²) in [4.78, 5) is 7.23. The fraction of sp³-hybridized carbons (Fsp3) is 0.300. The third-order valence-corrected chi connectivity index (χ3v) is 2.13. The average molecular weight is 193 g/mol. The number of nitrogens with one attached hydrogen (secondary N) is 1. The zero-order valence-corrected chi connectivity index (χ0v) is 7.76. The second-order valence-corrected chi connectivity index (χ2v) is 3.21. The monoisotopic (exact) mass is 193 g/mol. The number of halogens is 1. The Hall–Kier alpha value is -1.42. The molecular formula is C10H12FN3. The predicted octanol–water partition coefficient (Wildman–Crippen LogP) is 1.59. The molecule has 4 heteroatoms. The predicted molar refractivity (Wildman–Crippen MR) is 53.4 cm³/mol. The van der Waals surface area contributed by atoms with Crippen LogP contribution in [0.1, 0.15) is 12.2 Å². The van der Waals surface area contributed by atoms with E-state index in [1.54, 1.807) is 6.07 Å². The molecule has 0 atom stereocenters. The van der Waals surface area contributed by atoms with E-state index in [4.69, 9.17) is 5.73 Å². The summed E-state index contributed by atoms with van der Waals surface area (Å²) < 4.78 is 13.2. The molecule has 0 amide bonds. The molecule has 0 fully saturated rings. The summed E-state index contributed by atoms with van der Waals surface area (Å²) in [6, 6.07) is 4.90. The second-order valence-electron chi connectivity index (χ2n) is 3.21. The van der Waals surface area contributed by atoms with Crippen molar-refractivity contribution in [2.75, 3.05) is 6.54 Å². The van der Waals surface area contributed by atoms with E-state index in [0.29, 0.717) is 12.1 Å². The average Bonchev–Trinajstić information content (AvgIpc) is 2.59. The van der Waals surface area contributed by atoms with Crippen molar-refractivity contribution in [3.63, 3.8) is 0 Å². The molecule has 0 aliphatic carbocycles. The quantitative estimate of drug-likeness (QED) is 0.777. The van der Waals surface area contributed by atoms with Crippen molar-refractivity contribution in [3.05, 3.63) is 29.8 Å². The normalized spacial score (nSPS) is 11.0. The summed E-state index contributed by atoms with van der Waals surface area (Å²) >= 11 is 0. The van der Waals surface area contributed by atoms with E-state index in [9.17, 15) is 4.39 Å². The summed E-state index contributed by atoms with van der Waals surface area (Å²) in [5.41, 5.74) is 6.55. The van der Waals surface area contributed by atoms with Crippen molar-refractivity contribution >= 4 is 11.0 Å². The number of nitrogens with zero attached hydrogens (tertiary/aromatic N) is 1. The Balaban J connectivity index is 2.36. The highest BCUT2D eigenvalue weighted by atomic mass is 19.1. The van der Waals surface area contributed by atoms with E-state index in [1.165, 1.54) is 6.07 Å². The van der Waals surface area contributed by atoms with Gasteiger partial charge in [-0.3, -0.25) is 0 Å². The molecule has 2 aromatic rings. The van der Waals surface area contributed by atoms with Gasteiger partial charge in [-0.2, -0.15) is 0 Å². The molecule has 1 aromatic heterocycles. The zero-order valence-electron chi connectivity index (χ0n) is 7.76. The topological polar surface area (TPSA) is 54.7 Å². The van der Waals surface area contributed by atoms with Gasteiger partial charge in [0, 0.05) is 6.42 Å². The lowest BCUT2D eigenvalue weighted by Gasteiger charge is -1.91. The summed E-state index contributed by atoms with van der Waals surface area (Å²) in [5.74, 6) is 0.522. The summed E-state index contributed by atoms with van der Waals surface area (Å²) in [6.07, 6.45) is 1.63. The van der Waals surface area contributed by atoms with Crippen molar-refractivity contribution in [3.8, 4) is 0 Å². The summed E-state index contributed by atoms with van der Waals surface area (Å²) in [6.45, 7) is 0.625. The number of fused-ring (bicyclic) bond motifs is 1. The maximum atomic E-state index is 13.2. The van der Waals surface area contributed by atoms with Crippen molar-refractivity contribution in [1.29, 1.82) is 0 Å². The SMILES string of the molecule is NCCCc1nc2c(F)cccc2[nH]1. The Kier molecular flexibility index (Phi) is 2.45. The third kappa shape index (κ3) is 1.61. The molecule has 0 bridgehead atoms. The molecule has 1 heterocycles. The highest BCUT2D eigenvalue weighted by Crippen LogP contribution is 2.15. The molecule has 0 aliphatic rings. The number of aromatic amines is 1. The van der Waals surface area contributed by atoms with Crippen LogP contribution in [0.25, 0.3) is 11.0 Å². The Morgan fingerprint density at radius 3 is 3.00 bits per heavy atom. The Bertz CT molecular complexity index is 436. The van der Waals surface area contributed by atoms with Crippen LogP contribution in [0.15, 0.2) is 18.2 Å². The van der Waals surface area contributed by atoms with Gasteiger partial charge in [-0.05, 0) is 25.1 Å². The first-order valence-corrected chi connectivity index (χ1v) is 4.64. The van der Waals surface area contributed by atoms with Gasteiger partial charge in [0.15, 0.2) is 5.82 Å². The lowest BCUT2D eigenvalue weighted by molar-refractivity contribution is 0.637. The fourth-order valence-corrected chi connectivity index (χ4v) is 1.44. The van der Waals surface area contributed by atoms with Crippen LogP contribution in [-0.2, 0) is 6.42 Å². The van der Waals surface area contributed by atoms with Crippen LogP contribution in [0.5, 0.6) is 0 Å². The van der Waals surface area contributed by atoms with Gasteiger partial charge in [-0.1, -0.05) is 6.07 Å². The van der Waals surface area contributed by atoms with E-state index < -0.39 is 0 Å². The standard InChI is InChI=1S/C10H12FN3/c11-7-3-1-4-8-10(7)14-9(13-8)5-2-6-12/h1,3-4H,2,5-6,12H2,(H,13,14). The largest absolute Gasteiger partial charge is 0.342 e. The molecule has 3 N–H and O–H groups in total. The van der Waals surface area contributed by atoms with Crippen molar-refractivity contribution in [2.24, 2.45) is 5.73 Å². The zero-order chi connectivity index (χ0) is 9.97. The lowest BCUT2D eigenvalue weighted by Crippen LogP contribution is -2.01. The highest BCUT2D eigenvalue weighted by molar-refractivity contribution is 5.75. The summed E-state index contributed by atoms with van der Waals surface area (Å²) in [5, 5.41) is 0. The number of aryl methyl sites for hydroxylation is 1. The lowest BCUT2D eigenvalue weighted by atomic mass is 10.3. The molecule has 14 heavy (non-hydrogen) atoms. The number of nitrogens with two attached hydrogens (primary N) is 1. The molecule has 2 rings (SSSR count). The molecule has 74 valence electrons. The molecule has 0 unspecified atom stereocenters. The first kappa shape index (κ1) is 9.15. The maximum absolute atomic E-state index is 13.2. The number of rotatable bonds is 3. The van der Waals surface area contributed by atoms with E-state index in [2.05, 4.69) is 9.97 Å². The van der Waals surface area contributed by atoms with E-state index >= 15 is 0 Å². The van der Waals surface area contributed by atoms with Crippen LogP contribution in [0.3, 0.4) is 0 Å². The van der Waals surface area contributed by atoms with Crippen LogP contribution in [-0.4, -0.2) is 16.5 Å². The van der Waals surface area contributed by atoms with Gasteiger partial charge >= 0.3 is 0 Å². The van der Waals surface area contributed by atoms with Crippen LogP contribution < -0.4 is 5.73 Å². The van der Waals surface area contributed by atoms with E-state index in [-0.39, 0.29) is 5.82 Å². The van der Waals surface area contributed by atoms with Gasteiger partial charge in [0.2, 0.25) is 0 Å². The molecular weight excluding hydrogens is 181 g/mol. The van der Waals surface area contributed by atoms with Gasteiger partial charge in [0.1, 0.15) is 11.3 Å². The number of aromatic nitrogens is 2. The molecule has 0 saturated carbocycles. The molecule has 0 aliphatic heterocycles. The van der Waals surface area contributed by atoms with Crippen molar-refractivity contribution in [2.45, 2.75) is 12.8 Å². The van der Waals surface area contributed by atoms with Gasteiger partial charge in [0.25, 0.3) is 0 Å². The van der Waals surface area contributed by atoms with E-state index in [1.807, 2.05) is 6.07 Å². The van der Waals surface area contributed by atoms with Crippen LogP contribution in [0.2, 0.25) is 0 Å². The number of imidazole rings is 1. The number of H-pyrrole nitrogens is 1. The molecule has 0 radical (unpaired) electrons.